The zero-order valence-corrected chi connectivity index (χ0v) is 16.0. The lowest BCUT2D eigenvalue weighted by Crippen LogP contribution is -2.20. The standard InChI is InChI=1S/C24H26O3/c1-15-11-18(17-7-4-3-5-8-17)12-16(2)22(15)23-21(25)14-19(24(23)26)13-20-9-6-10-27-20/h3-5,7-8,11-12,19-20,23H,6,9-10,13-14H2,1-2H3. The van der Waals surface area contributed by atoms with Crippen molar-refractivity contribution in [3.05, 3.63) is 59.2 Å². The first-order valence-corrected chi connectivity index (χ1v) is 9.89. The Kier molecular flexibility index (Phi) is 4.96. The number of hydrogen-bond acceptors (Lipinski definition) is 3. The highest BCUT2D eigenvalue weighted by molar-refractivity contribution is 6.15. The summed E-state index contributed by atoms with van der Waals surface area (Å²) in [5.74, 6) is -0.616. The van der Waals surface area contributed by atoms with Crippen molar-refractivity contribution in [1.29, 1.82) is 0 Å². The number of ketones is 2. The Bertz CT molecular complexity index is 839. The van der Waals surface area contributed by atoms with Crippen LogP contribution < -0.4 is 0 Å². The van der Waals surface area contributed by atoms with Gasteiger partial charge in [-0.05, 0) is 60.9 Å². The molecular formula is C24H26O3. The maximum atomic E-state index is 13.1. The van der Waals surface area contributed by atoms with E-state index in [1.54, 1.807) is 0 Å². The normalized spacial score (nSPS) is 25.3. The summed E-state index contributed by atoms with van der Waals surface area (Å²) in [7, 11) is 0. The first kappa shape index (κ1) is 18.1. The van der Waals surface area contributed by atoms with Crippen LogP contribution in [0.1, 0.15) is 48.3 Å². The molecule has 0 aromatic heterocycles. The molecule has 0 spiro atoms. The highest BCUT2D eigenvalue weighted by Crippen LogP contribution is 2.39. The van der Waals surface area contributed by atoms with Crippen molar-refractivity contribution in [2.24, 2.45) is 5.92 Å². The highest BCUT2D eigenvalue weighted by atomic mass is 16.5. The number of carbonyl (C=O) groups excluding carboxylic acids is 2. The molecule has 1 heterocycles. The molecule has 140 valence electrons. The fraction of sp³-hybridized carbons (Fsp3) is 0.417. The number of benzene rings is 2. The van der Waals surface area contributed by atoms with Gasteiger partial charge in [-0.15, -0.1) is 0 Å². The molecule has 0 radical (unpaired) electrons. The summed E-state index contributed by atoms with van der Waals surface area (Å²) in [4.78, 5) is 25.9. The summed E-state index contributed by atoms with van der Waals surface area (Å²) in [5.41, 5.74) is 5.25. The molecule has 2 fully saturated rings. The molecule has 0 N–H and O–H groups in total. The predicted molar refractivity (Wildman–Crippen MR) is 106 cm³/mol. The first-order valence-electron chi connectivity index (χ1n) is 9.89. The van der Waals surface area contributed by atoms with Gasteiger partial charge >= 0.3 is 0 Å². The minimum atomic E-state index is -0.596. The smallest absolute Gasteiger partial charge is 0.151 e. The molecule has 4 rings (SSSR count). The average Bonchev–Trinajstić information content (AvgIpc) is 3.25. The van der Waals surface area contributed by atoms with Crippen molar-refractivity contribution in [2.75, 3.05) is 6.61 Å². The summed E-state index contributed by atoms with van der Waals surface area (Å²) >= 11 is 0. The van der Waals surface area contributed by atoms with Gasteiger partial charge in [0.05, 0.1) is 6.10 Å². The number of hydrogen-bond donors (Lipinski definition) is 0. The van der Waals surface area contributed by atoms with Crippen LogP contribution in [0, 0.1) is 19.8 Å². The van der Waals surface area contributed by atoms with Crippen molar-refractivity contribution in [2.45, 2.75) is 51.6 Å². The monoisotopic (exact) mass is 362 g/mol. The van der Waals surface area contributed by atoms with Crippen molar-refractivity contribution < 1.29 is 14.3 Å². The summed E-state index contributed by atoms with van der Waals surface area (Å²) in [6, 6.07) is 14.4. The molecular weight excluding hydrogens is 336 g/mol. The molecule has 3 heteroatoms. The van der Waals surface area contributed by atoms with E-state index in [4.69, 9.17) is 4.74 Å². The van der Waals surface area contributed by atoms with Gasteiger partial charge in [-0.3, -0.25) is 9.59 Å². The van der Waals surface area contributed by atoms with E-state index < -0.39 is 5.92 Å². The van der Waals surface area contributed by atoms with Gasteiger partial charge in [0.25, 0.3) is 0 Å². The number of rotatable bonds is 4. The van der Waals surface area contributed by atoms with E-state index in [0.717, 1.165) is 47.3 Å². The maximum absolute atomic E-state index is 13.1. The molecule has 1 saturated heterocycles. The fourth-order valence-electron chi connectivity index (χ4n) is 4.73. The Hall–Kier alpha value is -2.26. The van der Waals surface area contributed by atoms with Gasteiger partial charge in [-0.1, -0.05) is 42.5 Å². The zero-order chi connectivity index (χ0) is 19.0. The second kappa shape index (κ2) is 7.40. The van der Waals surface area contributed by atoms with Crippen LogP contribution in [-0.4, -0.2) is 24.3 Å². The Balaban J connectivity index is 1.62. The van der Waals surface area contributed by atoms with Crippen LogP contribution in [0.4, 0.5) is 0 Å². The molecule has 2 aromatic carbocycles. The lowest BCUT2D eigenvalue weighted by atomic mass is 9.85. The van der Waals surface area contributed by atoms with E-state index in [9.17, 15) is 9.59 Å². The van der Waals surface area contributed by atoms with Crippen LogP contribution in [0.25, 0.3) is 11.1 Å². The number of Topliss-reactive ketones (excluding diaryl/α,β-unsaturated/α-hetero) is 2. The van der Waals surface area contributed by atoms with Crippen LogP contribution in [0.3, 0.4) is 0 Å². The van der Waals surface area contributed by atoms with Gasteiger partial charge < -0.3 is 4.74 Å². The van der Waals surface area contributed by atoms with Crippen LogP contribution >= 0.6 is 0 Å². The van der Waals surface area contributed by atoms with Gasteiger partial charge in [0.1, 0.15) is 11.7 Å². The van der Waals surface area contributed by atoms with Crippen LogP contribution in [0.5, 0.6) is 0 Å². The summed E-state index contributed by atoms with van der Waals surface area (Å²) in [6.45, 7) is 4.81. The van der Waals surface area contributed by atoms with Gasteiger partial charge in [0, 0.05) is 18.9 Å². The number of aryl methyl sites for hydroxylation is 2. The van der Waals surface area contributed by atoms with Crippen LogP contribution in [0.15, 0.2) is 42.5 Å². The third-order valence-corrected chi connectivity index (χ3v) is 6.02. The van der Waals surface area contributed by atoms with Crippen molar-refractivity contribution >= 4 is 11.6 Å². The van der Waals surface area contributed by atoms with E-state index >= 15 is 0 Å². The molecule has 2 aromatic rings. The topological polar surface area (TPSA) is 43.4 Å². The second-order valence-corrected chi connectivity index (χ2v) is 7.96. The largest absolute Gasteiger partial charge is 0.378 e. The molecule has 0 amide bonds. The fourth-order valence-corrected chi connectivity index (χ4v) is 4.73. The van der Waals surface area contributed by atoms with Crippen LogP contribution in [0.2, 0.25) is 0 Å². The minimum absolute atomic E-state index is 0.0710. The Morgan fingerprint density at radius 3 is 2.33 bits per heavy atom. The Morgan fingerprint density at radius 2 is 1.70 bits per heavy atom. The van der Waals surface area contributed by atoms with Crippen molar-refractivity contribution in [3.8, 4) is 11.1 Å². The average molecular weight is 362 g/mol. The number of carbonyl (C=O) groups is 2. The minimum Gasteiger partial charge on any atom is -0.378 e. The third kappa shape index (κ3) is 3.49. The first-order chi connectivity index (χ1) is 13.0. The van der Waals surface area contributed by atoms with Gasteiger partial charge in [-0.2, -0.15) is 0 Å². The molecule has 3 atom stereocenters. The summed E-state index contributed by atoms with van der Waals surface area (Å²) < 4.78 is 5.69. The SMILES string of the molecule is Cc1cc(-c2ccccc2)cc(C)c1C1C(=O)CC(CC2CCCO2)C1=O. The molecule has 2 aliphatic rings. The van der Waals surface area contributed by atoms with E-state index in [2.05, 4.69) is 24.3 Å². The van der Waals surface area contributed by atoms with E-state index in [-0.39, 0.29) is 23.6 Å². The van der Waals surface area contributed by atoms with E-state index in [0.29, 0.717) is 12.8 Å². The molecule has 3 nitrogen and oxygen atoms in total. The maximum Gasteiger partial charge on any atom is 0.151 e. The molecule has 1 saturated carbocycles. The lowest BCUT2D eigenvalue weighted by molar-refractivity contribution is -0.125. The molecule has 27 heavy (non-hydrogen) atoms. The molecule has 0 bridgehead atoms. The van der Waals surface area contributed by atoms with E-state index in [1.807, 2.05) is 32.0 Å². The summed E-state index contributed by atoms with van der Waals surface area (Å²) in [6.07, 6.45) is 3.27. The Morgan fingerprint density at radius 1 is 1.00 bits per heavy atom. The third-order valence-electron chi connectivity index (χ3n) is 6.02. The highest BCUT2D eigenvalue weighted by Gasteiger charge is 2.44. The van der Waals surface area contributed by atoms with Gasteiger partial charge in [0.2, 0.25) is 0 Å². The van der Waals surface area contributed by atoms with Gasteiger partial charge in [-0.25, -0.2) is 0 Å². The van der Waals surface area contributed by atoms with Crippen molar-refractivity contribution in [1.82, 2.24) is 0 Å². The molecule has 1 aliphatic heterocycles. The quantitative estimate of drug-likeness (QED) is 0.735. The zero-order valence-electron chi connectivity index (χ0n) is 16.0. The van der Waals surface area contributed by atoms with E-state index in [1.165, 1.54) is 0 Å². The van der Waals surface area contributed by atoms with Crippen LogP contribution in [-0.2, 0) is 14.3 Å². The molecule has 1 aliphatic carbocycles. The summed E-state index contributed by atoms with van der Waals surface area (Å²) in [5, 5.41) is 0. The number of ether oxygens (including phenoxy) is 1. The Labute approximate surface area is 160 Å². The second-order valence-electron chi connectivity index (χ2n) is 7.96. The van der Waals surface area contributed by atoms with Crippen molar-refractivity contribution in [3.63, 3.8) is 0 Å². The van der Waals surface area contributed by atoms with Gasteiger partial charge in [0.15, 0.2) is 5.78 Å². The predicted octanol–water partition coefficient (Wildman–Crippen LogP) is 4.78. The lowest BCUT2D eigenvalue weighted by Gasteiger charge is -2.18. The molecule has 3 unspecified atom stereocenters.